The fourth-order valence-corrected chi connectivity index (χ4v) is 1.87. The van der Waals surface area contributed by atoms with Crippen LogP contribution in [0.3, 0.4) is 0 Å². The van der Waals surface area contributed by atoms with Crippen molar-refractivity contribution in [2.45, 2.75) is 20.3 Å². The third kappa shape index (κ3) is 7.34. The van der Waals surface area contributed by atoms with Crippen molar-refractivity contribution in [2.24, 2.45) is 5.41 Å². The van der Waals surface area contributed by atoms with Crippen molar-refractivity contribution in [3.8, 4) is 0 Å². The number of hydrogen-bond donors (Lipinski definition) is 2. The molecule has 0 aliphatic carbocycles. The molecule has 0 radical (unpaired) electrons. The number of alkyl carbamates (subject to hydrolysis) is 1. The summed E-state index contributed by atoms with van der Waals surface area (Å²) in [6, 6.07) is 0. The molecule has 0 fully saturated rings. The molecule has 0 heterocycles. The quantitative estimate of drug-likeness (QED) is 0.658. The van der Waals surface area contributed by atoms with E-state index in [2.05, 4.69) is 11.9 Å². The predicted octanol–water partition coefficient (Wildman–Crippen LogP) is 1.57. The molecule has 5 nitrogen and oxygen atoms in total. The zero-order valence-corrected chi connectivity index (χ0v) is 11.7. The molecule has 0 atom stereocenters. The number of nitrogens with one attached hydrogen (secondary N) is 1. The molecule has 0 aromatic heterocycles. The molecule has 104 valence electrons. The van der Waals surface area contributed by atoms with Gasteiger partial charge in [-0.2, -0.15) is 0 Å². The van der Waals surface area contributed by atoms with Crippen LogP contribution < -0.4 is 5.32 Å². The van der Waals surface area contributed by atoms with Gasteiger partial charge in [-0.15, -0.1) is 0 Å². The summed E-state index contributed by atoms with van der Waals surface area (Å²) in [5.41, 5.74) is -0.536. The molecule has 6 heteroatoms. The van der Waals surface area contributed by atoms with E-state index in [1.54, 1.807) is 0 Å². The highest BCUT2D eigenvalue weighted by Crippen LogP contribution is 2.27. The number of hydrogen-bond acceptors (Lipinski definition) is 5. The van der Waals surface area contributed by atoms with Crippen LogP contribution in [0.1, 0.15) is 20.3 Å². The number of amides is 1. The maximum atomic E-state index is 11.8. The fourth-order valence-electron chi connectivity index (χ4n) is 1.10. The van der Waals surface area contributed by atoms with Gasteiger partial charge in [0.1, 0.15) is 6.61 Å². The second kappa shape index (κ2) is 8.99. The van der Waals surface area contributed by atoms with Gasteiger partial charge in [-0.05, 0) is 6.42 Å². The van der Waals surface area contributed by atoms with Crippen molar-refractivity contribution in [3.05, 3.63) is 12.7 Å². The van der Waals surface area contributed by atoms with Gasteiger partial charge < -0.3 is 15.2 Å². The van der Waals surface area contributed by atoms with E-state index < -0.39 is 11.5 Å². The summed E-state index contributed by atoms with van der Waals surface area (Å²) in [7, 11) is 0. The highest BCUT2D eigenvalue weighted by Gasteiger charge is 2.27. The maximum absolute atomic E-state index is 11.8. The van der Waals surface area contributed by atoms with E-state index in [1.165, 1.54) is 6.08 Å². The van der Waals surface area contributed by atoms with Crippen LogP contribution >= 0.6 is 11.8 Å². The Kier molecular flexibility index (Phi) is 8.49. The van der Waals surface area contributed by atoms with Crippen LogP contribution in [0.4, 0.5) is 4.79 Å². The first kappa shape index (κ1) is 17.0. The van der Waals surface area contributed by atoms with E-state index in [-0.39, 0.29) is 18.3 Å². The molecule has 2 N–H and O–H groups in total. The topological polar surface area (TPSA) is 75.6 Å². The zero-order chi connectivity index (χ0) is 14.0. The number of carbonyl (C=O) groups is 2. The van der Waals surface area contributed by atoms with Gasteiger partial charge in [-0.25, -0.2) is 4.79 Å². The normalized spacial score (nSPS) is 10.8. The van der Waals surface area contributed by atoms with Gasteiger partial charge >= 0.3 is 6.09 Å². The lowest BCUT2D eigenvalue weighted by Crippen LogP contribution is -2.31. The molecule has 0 rings (SSSR count). The van der Waals surface area contributed by atoms with Crippen molar-refractivity contribution >= 4 is 23.0 Å². The minimum absolute atomic E-state index is 0.0119. The highest BCUT2D eigenvalue weighted by atomic mass is 32.2. The van der Waals surface area contributed by atoms with Crippen LogP contribution in [0.15, 0.2) is 12.7 Å². The summed E-state index contributed by atoms with van der Waals surface area (Å²) in [5, 5.41) is 11.2. The lowest BCUT2D eigenvalue weighted by molar-refractivity contribution is -0.118. The SMILES string of the molecule is C=CCOC(=O)NCCC(C)(C)C(=O)SCCO. The number of aliphatic hydroxyl groups excluding tert-OH is 1. The van der Waals surface area contributed by atoms with Crippen LogP contribution in [-0.2, 0) is 9.53 Å². The molecule has 0 saturated heterocycles. The van der Waals surface area contributed by atoms with Crippen LogP contribution in [0.25, 0.3) is 0 Å². The van der Waals surface area contributed by atoms with Gasteiger partial charge in [0.2, 0.25) is 0 Å². The first-order valence-corrected chi connectivity index (χ1v) is 6.72. The summed E-state index contributed by atoms with van der Waals surface area (Å²) in [6.07, 6.45) is 1.49. The molecule has 0 aliphatic rings. The molecular formula is C12H21NO4S. The lowest BCUT2D eigenvalue weighted by atomic mass is 9.91. The molecule has 1 amide bonds. The Morgan fingerprint density at radius 1 is 1.50 bits per heavy atom. The summed E-state index contributed by atoms with van der Waals surface area (Å²) < 4.78 is 4.74. The van der Waals surface area contributed by atoms with Gasteiger partial charge in [-0.3, -0.25) is 4.79 Å². The Labute approximate surface area is 112 Å². The van der Waals surface area contributed by atoms with Gasteiger partial charge in [-0.1, -0.05) is 38.3 Å². The lowest BCUT2D eigenvalue weighted by Gasteiger charge is -2.22. The minimum atomic E-state index is -0.536. The van der Waals surface area contributed by atoms with E-state index in [0.29, 0.717) is 18.7 Å². The van der Waals surface area contributed by atoms with Gasteiger partial charge in [0, 0.05) is 17.7 Å². The first-order chi connectivity index (χ1) is 8.44. The van der Waals surface area contributed by atoms with Gasteiger partial charge in [0.05, 0.1) is 6.61 Å². The van der Waals surface area contributed by atoms with E-state index >= 15 is 0 Å². The molecule has 0 aliphatic heterocycles. The van der Waals surface area contributed by atoms with Gasteiger partial charge in [0.15, 0.2) is 5.12 Å². The molecule has 18 heavy (non-hydrogen) atoms. The molecule has 0 bridgehead atoms. The fraction of sp³-hybridized carbons (Fsp3) is 0.667. The van der Waals surface area contributed by atoms with E-state index in [0.717, 1.165) is 11.8 Å². The summed E-state index contributed by atoms with van der Waals surface area (Å²) in [4.78, 5) is 22.9. The third-order valence-corrected chi connectivity index (χ3v) is 3.43. The van der Waals surface area contributed by atoms with Crippen molar-refractivity contribution in [1.29, 1.82) is 0 Å². The summed E-state index contributed by atoms with van der Waals surface area (Å²) in [5.74, 6) is 0.400. The number of thioether (sulfide) groups is 1. The highest BCUT2D eigenvalue weighted by molar-refractivity contribution is 8.13. The average Bonchev–Trinajstić information content (AvgIpc) is 2.33. The van der Waals surface area contributed by atoms with E-state index in [4.69, 9.17) is 9.84 Å². The summed E-state index contributed by atoms with van der Waals surface area (Å²) >= 11 is 1.11. The average molecular weight is 275 g/mol. The molecular weight excluding hydrogens is 254 g/mol. The number of aliphatic hydroxyl groups is 1. The second-order valence-corrected chi connectivity index (χ2v) is 5.38. The van der Waals surface area contributed by atoms with Gasteiger partial charge in [0.25, 0.3) is 0 Å². The van der Waals surface area contributed by atoms with Crippen LogP contribution in [-0.4, -0.2) is 41.8 Å². The smallest absolute Gasteiger partial charge is 0.407 e. The largest absolute Gasteiger partial charge is 0.445 e. The van der Waals surface area contributed by atoms with Crippen LogP contribution in [0.2, 0.25) is 0 Å². The molecule has 0 spiro atoms. The molecule has 0 aromatic rings. The maximum Gasteiger partial charge on any atom is 0.407 e. The molecule has 0 aromatic carbocycles. The Balaban J connectivity index is 3.91. The molecule has 0 saturated carbocycles. The Morgan fingerprint density at radius 3 is 2.72 bits per heavy atom. The van der Waals surface area contributed by atoms with Crippen LogP contribution in [0, 0.1) is 5.41 Å². The Hall–Kier alpha value is -1.01. The van der Waals surface area contributed by atoms with Crippen molar-refractivity contribution in [1.82, 2.24) is 5.32 Å². The Bertz CT molecular complexity index is 292. The summed E-state index contributed by atoms with van der Waals surface area (Å²) in [6.45, 7) is 7.58. The zero-order valence-electron chi connectivity index (χ0n) is 10.9. The Morgan fingerprint density at radius 2 is 2.17 bits per heavy atom. The first-order valence-electron chi connectivity index (χ1n) is 5.73. The third-order valence-electron chi connectivity index (χ3n) is 2.23. The van der Waals surface area contributed by atoms with Crippen molar-refractivity contribution in [3.63, 3.8) is 0 Å². The number of ether oxygens (including phenoxy) is 1. The predicted molar refractivity (Wildman–Crippen MR) is 72.5 cm³/mol. The second-order valence-electron chi connectivity index (χ2n) is 4.31. The van der Waals surface area contributed by atoms with E-state index in [1.807, 2.05) is 13.8 Å². The monoisotopic (exact) mass is 275 g/mol. The number of carbonyl (C=O) groups excluding carboxylic acids is 2. The molecule has 0 unspecified atom stereocenters. The number of rotatable bonds is 8. The van der Waals surface area contributed by atoms with Crippen LogP contribution in [0.5, 0.6) is 0 Å². The van der Waals surface area contributed by atoms with Crippen molar-refractivity contribution < 1.29 is 19.4 Å². The van der Waals surface area contributed by atoms with E-state index in [9.17, 15) is 9.59 Å². The van der Waals surface area contributed by atoms with Crippen molar-refractivity contribution in [2.75, 3.05) is 25.5 Å². The standard InChI is InChI=1S/C12H21NO4S/c1-4-8-17-11(16)13-6-5-12(2,3)10(15)18-9-7-14/h4,14H,1,5-9H2,2-3H3,(H,13,16). The minimum Gasteiger partial charge on any atom is -0.445 e.